The quantitative estimate of drug-likeness (QED) is 0.535. The van der Waals surface area contributed by atoms with E-state index in [1.165, 1.54) is 19.3 Å². The van der Waals surface area contributed by atoms with Gasteiger partial charge in [-0.1, -0.05) is 12.8 Å². The molecule has 1 fully saturated rings. The van der Waals surface area contributed by atoms with Gasteiger partial charge in [0.2, 0.25) is 0 Å². The van der Waals surface area contributed by atoms with Gasteiger partial charge in [-0.3, -0.25) is 4.79 Å². The summed E-state index contributed by atoms with van der Waals surface area (Å²) in [5.41, 5.74) is 12.8. The third-order valence-corrected chi connectivity index (χ3v) is 3.09. The first-order valence-electron chi connectivity index (χ1n) is 6.10. The van der Waals surface area contributed by atoms with Gasteiger partial charge in [-0.25, -0.2) is 0 Å². The summed E-state index contributed by atoms with van der Waals surface area (Å²) >= 11 is 0. The lowest BCUT2D eigenvalue weighted by molar-refractivity contribution is 0.0953. The van der Waals surface area contributed by atoms with Crippen LogP contribution in [0.3, 0.4) is 0 Å². The smallest absolute Gasteiger partial charge is 0.253 e. The van der Waals surface area contributed by atoms with Crippen LogP contribution < -0.4 is 16.8 Å². The fraction of sp³-hybridized carbons (Fsp3) is 0.462. The predicted octanol–water partition coefficient (Wildman–Crippen LogP) is 1.77. The number of nitrogen functional groups attached to an aromatic ring is 2. The van der Waals surface area contributed by atoms with Crippen molar-refractivity contribution in [3.05, 3.63) is 23.8 Å². The molecule has 4 heteroatoms. The van der Waals surface area contributed by atoms with Crippen molar-refractivity contribution in [2.24, 2.45) is 5.92 Å². The maximum atomic E-state index is 11.8. The third-order valence-electron chi connectivity index (χ3n) is 3.09. The first kappa shape index (κ1) is 11.8. The molecule has 0 spiro atoms. The second-order valence-corrected chi connectivity index (χ2v) is 4.69. The van der Waals surface area contributed by atoms with Crippen molar-refractivity contribution < 1.29 is 4.79 Å². The third kappa shape index (κ3) is 3.37. The molecule has 0 unspecified atom stereocenters. The molecule has 5 N–H and O–H groups in total. The van der Waals surface area contributed by atoms with E-state index in [0.29, 0.717) is 16.9 Å². The molecule has 1 aromatic rings. The summed E-state index contributed by atoms with van der Waals surface area (Å²) in [6.45, 7) is 0.721. The van der Waals surface area contributed by atoms with E-state index in [1.54, 1.807) is 18.2 Å². The highest BCUT2D eigenvalue weighted by molar-refractivity contribution is 5.99. The molecule has 4 nitrogen and oxygen atoms in total. The number of nitrogens with two attached hydrogens (primary N) is 2. The fourth-order valence-electron chi connectivity index (χ4n) is 1.88. The van der Waals surface area contributed by atoms with E-state index in [2.05, 4.69) is 5.32 Å². The summed E-state index contributed by atoms with van der Waals surface area (Å²) in [5.74, 6) is 0.798. The van der Waals surface area contributed by atoms with Crippen LogP contribution in [0, 0.1) is 5.92 Å². The Labute approximate surface area is 101 Å². The topological polar surface area (TPSA) is 81.1 Å². The predicted molar refractivity (Wildman–Crippen MR) is 69.6 cm³/mol. The van der Waals surface area contributed by atoms with Gasteiger partial charge in [0.1, 0.15) is 0 Å². The van der Waals surface area contributed by atoms with Crippen LogP contribution in [0.5, 0.6) is 0 Å². The van der Waals surface area contributed by atoms with E-state index in [0.717, 1.165) is 18.9 Å². The SMILES string of the molecule is Nc1ccc(C(=O)NCCCC2CC2)c(N)c1. The highest BCUT2D eigenvalue weighted by Crippen LogP contribution is 2.33. The molecule has 1 aliphatic rings. The van der Waals surface area contributed by atoms with Crippen molar-refractivity contribution in [2.75, 3.05) is 18.0 Å². The van der Waals surface area contributed by atoms with E-state index >= 15 is 0 Å². The van der Waals surface area contributed by atoms with Crippen molar-refractivity contribution in [3.8, 4) is 0 Å². The molecular weight excluding hydrogens is 214 g/mol. The maximum absolute atomic E-state index is 11.8. The average molecular weight is 233 g/mol. The maximum Gasteiger partial charge on any atom is 0.253 e. The Hall–Kier alpha value is -1.71. The molecule has 2 rings (SSSR count). The van der Waals surface area contributed by atoms with Gasteiger partial charge in [0.05, 0.1) is 5.56 Å². The standard InChI is InChI=1S/C13H19N3O/c14-10-5-6-11(12(15)8-10)13(17)16-7-1-2-9-3-4-9/h5-6,8-9H,1-4,7,14-15H2,(H,16,17). The van der Waals surface area contributed by atoms with Crippen LogP contribution in [0.2, 0.25) is 0 Å². The Morgan fingerprint density at radius 1 is 1.35 bits per heavy atom. The minimum Gasteiger partial charge on any atom is -0.399 e. The minimum absolute atomic E-state index is 0.113. The van der Waals surface area contributed by atoms with Crippen LogP contribution in [0.15, 0.2) is 18.2 Å². The minimum atomic E-state index is -0.113. The summed E-state index contributed by atoms with van der Waals surface area (Å²) in [6.07, 6.45) is 4.99. The summed E-state index contributed by atoms with van der Waals surface area (Å²) in [5, 5.41) is 2.88. The highest BCUT2D eigenvalue weighted by atomic mass is 16.1. The van der Waals surface area contributed by atoms with Crippen LogP contribution in [0.4, 0.5) is 11.4 Å². The summed E-state index contributed by atoms with van der Waals surface area (Å²) in [7, 11) is 0. The van der Waals surface area contributed by atoms with Gasteiger partial charge in [-0.05, 0) is 37.0 Å². The summed E-state index contributed by atoms with van der Waals surface area (Å²) in [6, 6.07) is 4.97. The van der Waals surface area contributed by atoms with E-state index in [1.807, 2.05) is 0 Å². The number of anilines is 2. The Kier molecular flexibility index (Phi) is 3.52. The van der Waals surface area contributed by atoms with E-state index in [-0.39, 0.29) is 5.91 Å². The zero-order valence-corrected chi connectivity index (χ0v) is 9.91. The second-order valence-electron chi connectivity index (χ2n) is 4.69. The number of amides is 1. The van der Waals surface area contributed by atoms with Gasteiger partial charge < -0.3 is 16.8 Å². The molecule has 17 heavy (non-hydrogen) atoms. The van der Waals surface area contributed by atoms with Gasteiger partial charge in [0.25, 0.3) is 5.91 Å². The average Bonchev–Trinajstić information content (AvgIpc) is 3.08. The number of benzene rings is 1. The number of hydrogen-bond donors (Lipinski definition) is 3. The number of carbonyl (C=O) groups is 1. The molecule has 0 heterocycles. The largest absolute Gasteiger partial charge is 0.399 e. The van der Waals surface area contributed by atoms with E-state index in [4.69, 9.17) is 11.5 Å². The number of carbonyl (C=O) groups excluding carboxylic acids is 1. The Balaban J connectivity index is 1.81. The van der Waals surface area contributed by atoms with Crippen LogP contribution in [-0.4, -0.2) is 12.5 Å². The van der Waals surface area contributed by atoms with Gasteiger partial charge in [-0.2, -0.15) is 0 Å². The summed E-state index contributed by atoms with van der Waals surface area (Å²) in [4.78, 5) is 11.8. The second kappa shape index (κ2) is 5.08. The molecule has 0 aromatic heterocycles. The molecule has 1 aromatic carbocycles. The number of hydrogen-bond acceptors (Lipinski definition) is 3. The fourth-order valence-corrected chi connectivity index (χ4v) is 1.88. The molecule has 0 radical (unpaired) electrons. The molecule has 1 amide bonds. The zero-order valence-electron chi connectivity index (χ0n) is 9.91. The van der Waals surface area contributed by atoms with Crippen molar-refractivity contribution in [1.82, 2.24) is 5.32 Å². The molecule has 0 atom stereocenters. The van der Waals surface area contributed by atoms with Crippen LogP contribution in [-0.2, 0) is 0 Å². The molecule has 0 bridgehead atoms. The molecule has 1 saturated carbocycles. The van der Waals surface area contributed by atoms with Crippen molar-refractivity contribution in [1.29, 1.82) is 0 Å². The first-order valence-corrected chi connectivity index (χ1v) is 6.10. The van der Waals surface area contributed by atoms with Gasteiger partial charge >= 0.3 is 0 Å². The normalized spacial score (nSPS) is 14.6. The number of rotatable bonds is 5. The van der Waals surface area contributed by atoms with E-state index in [9.17, 15) is 4.79 Å². The zero-order chi connectivity index (χ0) is 12.3. The van der Waals surface area contributed by atoms with Gasteiger partial charge in [0, 0.05) is 17.9 Å². The lowest BCUT2D eigenvalue weighted by atomic mass is 10.1. The monoisotopic (exact) mass is 233 g/mol. The lowest BCUT2D eigenvalue weighted by Gasteiger charge is -2.07. The Morgan fingerprint density at radius 3 is 2.76 bits per heavy atom. The van der Waals surface area contributed by atoms with Crippen LogP contribution in [0.1, 0.15) is 36.0 Å². The van der Waals surface area contributed by atoms with E-state index < -0.39 is 0 Å². The van der Waals surface area contributed by atoms with Crippen LogP contribution >= 0.6 is 0 Å². The van der Waals surface area contributed by atoms with Gasteiger partial charge in [-0.15, -0.1) is 0 Å². The molecule has 0 aliphatic heterocycles. The molecule has 0 saturated heterocycles. The van der Waals surface area contributed by atoms with Crippen molar-refractivity contribution >= 4 is 17.3 Å². The first-order chi connectivity index (χ1) is 8.16. The molecule has 92 valence electrons. The highest BCUT2D eigenvalue weighted by Gasteiger charge is 2.20. The Morgan fingerprint density at radius 2 is 2.12 bits per heavy atom. The summed E-state index contributed by atoms with van der Waals surface area (Å²) < 4.78 is 0. The molecular formula is C13H19N3O. The van der Waals surface area contributed by atoms with Crippen molar-refractivity contribution in [3.63, 3.8) is 0 Å². The Bertz CT molecular complexity index is 413. The lowest BCUT2D eigenvalue weighted by Crippen LogP contribution is -2.25. The number of nitrogens with one attached hydrogen (secondary N) is 1. The van der Waals surface area contributed by atoms with Crippen LogP contribution in [0.25, 0.3) is 0 Å². The molecule has 1 aliphatic carbocycles. The van der Waals surface area contributed by atoms with Gasteiger partial charge in [0.15, 0.2) is 0 Å². The van der Waals surface area contributed by atoms with Crippen molar-refractivity contribution in [2.45, 2.75) is 25.7 Å².